The smallest absolute Gasteiger partial charge is 0.222 e. The molecule has 0 radical (unpaired) electrons. The quantitative estimate of drug-likeness (QED) is 0.662. The van der Waals surface area contributed by atoms with Crippen molar-refractivity contribution in [1.29, 1.82) is 0 Å². The van der Waals surface area contributed by atoms with Crippen molar-refractivity contribution >= 4 is 28.9 Å². The van der Waals surface area contributed by atoms with Gasteiger partial charge in [0.1, 0.15) is 6.10 Å². The number of nitrogens with two attached hydrogens (primary N) is 1. The molecule has 1 amide bonds. The van der Waals surface area contributed by atoms with Gasteiger partial charge in [0.25, 0.3) is 0 Å². The first-order valence-corrected chi connectivity index (χ1v) is 10.7. The molecule has 2 saturated carbocycles. The Morgan fingerprint density at radius 3 is 2.43 bits per heavy atom. The van der Waals surface area contributed by atoms with E-state index in [2.05, 4.69) is 4.90 Å². The molecular weight excluding hydrogens is 374 g/mol. The fourth-order valence-electron chi connectivity index (χ4n) is 5.30. The molecule has 4 rings (SSSR count). The maximum Gasteiger partial charge on any atom is 0.222 e. The van der Waals surface area contributed by atoms with E-state index in [9.17, 15) is 15.0 Å². The van der Waals surface area contributed by atoms with Crippen LogP contribution >= 0.6 is 12.2 Å². The highest BCUT2D eigenvalue weighted by Crippen LogP contribution is 2.41. The molecule has 4 N–H and O–H groups in total. The summed E-state index contributed by atoms with van der Waals surface area (Å²) in [5, 5.41) is 22.0. The van der Waals surface area contributed by atoms with E-state index in [1.807, 2.05) is 35.2 Å². The molecule has 1 aromatic rings. The number of aliphatic hydroxyl groups is 2. The summed E-state index contributed by atoms with van der Waals surface area (Å²) in [4.78, 5) is 16.3. The molecular formula is C21H29N3O3S. The van der Waals surface area contributed by atoms with E-state index in [4.69, 9.17) is 18.0 Å². The van der Waals surface area contributed by atoms with Gasteiger partial charge in [-0.25, -0.2) is 0 Å². The number of anilines is 1. The second kappa shape index (κ2) is 7.97. The van der Waals surface area contributed by atoms with Crippen LogP contribution in [0.2, 0.25) is 0 Å². The van der Waals surface area contributed by atoms with Gasteiger partial charge in [0, 0.05) is 12.2 Å². The molecule has 28 heavy (non-hydrogen) atoms. The molecule has 1 saturated heterocycles. The topological polar surface area (TPSA) is 90.0 Å². The average molecular weight is 404 g/mol. The van der Waals surface area contributed by atoms with Crippen LogP contribution in [0.1, 0.15) is 38.5 Å². The van der Waals surface area contributed by atoms with E-state index in [-0.39, 0.29) is 12.5 Å². The Morgan fingerprint density at radius 1 is 1.11 bits per heavy atom. The summed E-state index contributed by atoms with van der Waals surface area (Å²) in [6, 6.07) is 8.93. The maximum atomic E-state index is 12.3. The molecule has 0 aromatic heterocycles. The molecule has 3 aliphatic rings. The van der Waals surface area contributed by atoms with Crippen molar-refractivity contribution in [2.75, 3.05) is 11.4 Å². The number of carbonyl (C=O) groups excluding carboxylic acids is 1. The minimum Gasteiger partial charge on any atom is -0.390 e. The van der Waals surface area contributed by atoms with Crippen LogP contribution in [0.3, 0.4) is 0 Å². The van der Waals surface area contributed by atoms with Gasteiger partial charge in [-0.2, -0.15) is 0 Å². The highest BCUT2D eigenvalue weighted by atomic mass is 32.1. The van der Waals surface area contributed by atoms with Crippen LogP contribution in [-0.2, 0) is 4.79 Å². The predicted octanol–water partition coefficient (Wildman–Crippen LogP) is 1.64. The number of hydrogen-bond donors (Lipinski definition) is 3. The Bertz CT molecular complexity index is 725. The van der Waals surface area contributed by atoms with Crippen LogP contribution in [0.15, 0.2) is 30.3 Å². The van der Waals surface area contributed by atoms with E-state index < -0.39 is 30.1 Å². The van der Waals surface area contributed by atoms with Crippen molar-refractivity contribution in [2.45, 2.75) is 62.8 Å². The first-order valence-electron chi connectivity index (χ1n) is 10.3. The van der Waals surface area contributed by atoms with E-state index in [1.165, 1.54) is 19.3 Å². The van der Waals surface area contributed by atoms with Crippen molar-refractivity contribution in [3.05, 3.63) is 30.3 Å². The number of aliphatic hydroxyl groups excluding tert-OH is 2. The Labute approximate surface area is 171 Å². The third-order valence-corrected chi connectivity index (χ3v) is 7.12. The molecule has 7 heteroatoms. The minimum absolute atomic E-state index is 0.154. The molecule has 152 valence electrons. The fraction of sp³-hybridized carbons (Fsp3) is 0.619. The van der Waals surface area contributed by atoms with Crippen molar-refractivity contribution in [1.82, 2.24) is 4.90 Å². The van der Waals surface area contributed by atoms with Crippen LogP contribution in [-0.4, -0.2) is 57.0 Å². The largest absolute Gasteiger partial charge is 0.390 e. The standard InChI is InChI=1S/C21H29N3O3S/c22-20(27)15-11-16(25)19(26)18-17(15)24(14-9-5-2-6-10-14)21(28)23(18)12-13-7-3-1-4-8-13/h2,5-6,9-10,13,15-19,25-26H,1,3-4,7-8,11-12H2,(H2,22,27)/t15-,16-,17-,18-,19+/m1/s1. The van der Waals surface area contributed by atoms with Gasteiger partial charge in [-0.1, -0.05) is 37.5 Å². The third kappa shape index (κ3) is 3.40. The maximum absolute atomic E-state index is 12.3. The lowest BCUT2D eigenvalue weighted by molar-refractivity contribution is -0.129. The van der Waals surface area contributed by atoms with E-state index in [1.54, 1.807) is 0 Å². The SMILES string of the molecule is NC(=O)[C@@H]1C[C@@H](O)[C@H](O)[C@H]2[C@@H]1N(c1ccccc1)C(=S)N2CC1CCCCC1. The number of para-hydroxylation sites is 1. The monoisotopic (exact) mass is 403 g/mol. The van der Waals surface area contributed by atoms with Gasteiger partial charge in [0.2, 0.25) is 5.91 Å². The summed E-state index contributed by atoms with van der Waals surface area (Å²) < 4.78 is 0. The third-order valence-electron chi connectivity index (χ3n) is 6.69. The van der Waals surface area contributed by atoms with Crippen LogP contribution < -0.4 is 10.6 Å². The summed E-state index contributed by atoms with van der Waals surface area (Å²) in [7, 11) is 0. The molecule has 6 nitrogen and oxygen atoms in total. The van der Waals surface area contributed by atoms with Gasteiger partial charge in [-0.15, -0.1) is 0 Å². The zero-order chi connectivity index (χ0) is 19.8. The summed E-state index contributed by atoms with van der Waals surface area (Å²) in [5.41, 5.74) is 6.62. The summed E-state index contributed by atoms with van der Waals surface area (Å²) >= 11 is 5.87. The van der Waals surface area contributed by atoms with Gasteiger partial charge in [0.15, 0.2) is 5.11 Å². The number of hydrogen-bond acceptors (Lipinski definition) is 4. The second-order valence-electron chi connectivity index (χ2n) is 8.43. The lowest BCUT2D eigenvalue weighted by atomic mass is 9.76. The van der Waals surface area contributed by atoms with Crippen LogP contribution in [0.25, 0.3) is 0 Å². The number of fused-ring (bicyclic) bond motifs is 1. The number of thiocarbonyl (C=S) groups is 1. The van der Waals surface area contributed by atoms with Crippen LogP contribution in [0.5, 0.6) is 0 Å². The normalized spacial score (nSPS) is 33.8. The van der Waals surface area contributed by atoms with Crippen LogP contribution in [0.4, 0.5) is 5.69 Å². The van der Waals surface area contributed by atoms with Gasteiger partial charge in [-0.05, 0) is 49.5 Å². The second-order valence-corrected chi connectivity index (χ2v) is 8.79. The molecule has 1 aromatic carbocycles. The number of amides is 1. The number of primary amides is 1. The highest BCUT2D eigenvalue weighted by molar-refractivity contribution is 7.80. The fourth-order valence-corrected chi connectivity index (χ4v) is 5.73. The van der Waals surface area contributed by atoms with Crippen molar-refractivity contribution < 1.29 is 15.0 Å². The van der Waals surface area contributed by atoms with Gasteiger partial charge >= 0.3 is 0 Å². The zero-order valence-corrected chi connectivity index (χ0v) is 16.8. The van der Waals surface area contributed by atoms with E-state index in [0.29, 0.717) is 11.0 Å². The molecule has 0 unspecified atom stereocenters. The molecule has 1 heterocycles. The first kappa shape index (κ1) is 19.6. The van der Waals surface area contributed by atoms with Gasteiger partial charge < -0.3 is 25.7 Å². The molecule has 2 aliphatic carbocycles. The Morgan fingerprint density at radius 2 is 1.79 bits per heavy atom. The number of benzene rings is 1. The van der Waals surface area contributed by atoms with Gasteiger partial charge in [0.05, 0.1) is 24.1 Å². The lowest BCUT2D eigenvalue weighted by Gasteiger charge is -2.43. The average Bonchev–Trinajstić information content (AvgIpc) is 2.98. The number of rotatable bonds is 4. The van der Waals surface area contributed by atoms with Crippen molar-refractivity contribution in [3.63, 3.8) is 0 Å². The molecule has 5 atom stereocenters. The van der Waals surface area contributed by atoms with Gasteiger partial charge in [-0.3, -0.25) is 4.79 Å². The Hall–Kier alpha value is -1.70. The molecule has 0 spiro atoms. The Balaban J connectivity index is 1.72. The highest BCUT2D eigenvalue weighted by Gasteiger charge is 2.57. The summed E-state index contributed by atoms with van der Waals surface area (Å²) in [6.07, 6.45) is 4.23. The number of carbonyl (C=O) groups is 1. The van der Waals surface area contributed by atoms with Crippen molar-refractivity contribution in [3.8, 4) is 0 Å². The molecule has 3 fully saturated rings. The lowest BCUT2D eigenvalue weighted by Crippen LogP contribution is -2.61. The zero-order valence-electron chi connectivity index (χ0n) is 16.0. The number of nitrogens with zero attached hydrogens (tertiary/aromatic N) is 2. The summed E-state index contributed by atoms with van der Waals surface area (Å²) in [5.74, 6) is -0.511. The summed E-state index contributed by atoms with van der Waals surface area (Å²) in [6.45, 7) is 0.749. The predicted molar refractivity (Wildman–Crippen MR) is 112 cm³/mol. The van der Waals surface area contributed by atoms with E-state index in [0.717, 1.165) is 25.1 Å². The molecule has 1 aliphatic heterocycles. The van der Waals surface area contributed by atoms with Crippen molar-refractivity contribution in [2.24, 2.45) is 17.6 Å². The molecule has 0 bridgehead atoms. The first-order chi connectivity index (χ1) is 13.5. The minimum atomic E-state index is -0.980. The van der Waals surface area contributed by atoms with Crippen LogP contribution in [0, 0.1) is 11.8 Å². The Kier molecular flexibility index (Phi) is 5.58. The van der Waals surface area contributed by atoms with E-state index >= 15 is 0 Å².